The Hall–Kier alpha value is -1.44. The van der Waals surface area contributed by atoms with Gasteiger partial charge in [0.15, 0.2) is 25.2 Å². The third kappa shape index (κ3) is 10.8. The summed E-state index contributed by atoms with van der Waals surface area (Å²) in [6, 6.07) is 0. The van der Waals surface area contributed by atoms with E-state index in [0.717, 1.165) is 24.8 Å². The van der Waals surface area contributed by atoms with E-state index >= 15 is 0 Å². The zero-order valence-corrected chi connectivity index (χ0v) is 41.9. The van der Waals surface area contributed by atoms with Crippen LogP contribution in [0.3, 0.4) is 0 Å². The summed E-state index contributed by atoms with van der Waals surface area (Å²) in [7, 11) is 0. The van der Waals surface area contributed by atoms with Gasteiger partial charge in [-0.05, 0) is 84.5 Å². The van der Waals surface area contributed by atoms with Gasteiger partial charge < -0.3 is 114 Å². The van der Waals surface area contributed by atoms with E-state index in [9.17, 15) is 76.6 Å². The molecule has 30 unspecified atom stereocenters. The summed E-state index contributed by atoms with van der Waals surface area (Å²) in [6.07, 6.45) is -25.2. The van der Waals surface area contributed by atoms with Crippen LogP contribution in [0.5, 0.6) is 0 Å². The quantitative estimate of drug-likeness (QED) is 0.0656. The molecule has 15 N–H and O–H groups in total. The van der Waals surface area contributed by atoms with E-state index < -0.39 is 167 Å². The molecule has 7 fully saturated rings. The summed E-state index contributed by atoms with van der Waals surface area (Å²) in [5.74, 6) is 0.584. The molecular weight excluding hydrogens is 969 g/mol. The molecule has 0 bridgehead atoms. The van der Waals surface area contributed by atoms with Crippen LogP contribution in [0.15, 0.2) is 23.8 Å². The Balaban J connectivity index is 1.02. The number of aliphatic hydroxyl groups excluding tert-OH is 15. The average molecular weight is 1050 g/mol. The molecule has 0 aromatic rings. The number of allylic oxidation sites excluding steroid dienone is 2. The van der Waals surface area contributed by atoms with Crippen LogP contribution < -0.4 is 0 Å². The van der Waals surface area contributed by atoms with Crippen LogP contribution in [0.25, 0.3) is 0 Å². The SMILES string of the molecule is CCC(C)C=CC(CO)C1CC(O)C2C3CC=C4C(O)C(OC5OC(CO)C(OC6OC(CO)C(O)C(O)C6O)C(OC6OCC(O)C(OC7OC(CO)C(O)C(O)C7O)C6O)C5O)CCC4(C)C3CCC12C. The second-order valence-electron chi connectivity index (χ2n) is 22.5. The van der Waals surface area contributed by atoms with Crippen LogP contribution in [0.4, 0.5) is 0 Å². The summed E-state index contributed by atoms with van der Waals surface area (Å²) >= 11 is 0. The third-order valence-corrected chi connectivity index (χ3v) is 18.4. The first-order chi connectivity index (χ1) is 34.7. The van der Waals surface area contributed by atoms with Crippen molar-refractivity contribution < 1.29 is 114 Å². The molecule has 23 heteroatoms. The van der Waals surface area contributed by atoms with E-state index in [1.54, 1.807) is 0 Å². The fraction of sp³-hybridized carbons (Fsp3) is 0.920. The second kappa shape index (κ2) is 23.5. The van der Waals surface area contributed by atoms with E-state index in [1.807, 2.05) is 6.08 Å². The van der Waals surface area contributed by atoms with Crippen molar-refractivity contribution in [2.24, 2.45) is 46.3 Å². The molecule has 0 amide bonds. The van der Waals surface area contributed by atoms with Gasteiger partial charge in [-0.15, -0.1) is 0 Å². The molecular formula is C50H82O23. The van der Waals surface area contributed by atoms with Gasteiger partial charge >= 0.3 is 0 Å². The molecule has 4 saturated heterocycles. The summed E-state index contributed by atoms with van der Waals surface area (Å²) < 4.78 is 47.3. The monoisotopic (exact) mass is 1050 g/mol. The Kier molecular flexibility index (Phi) is 18.6. The highest BCUT2D eigenvalue weighted by Crippen LogP contribution is 2.67. The van der Waals surface area contributed by atoms with Crippen molar-refractivity contribution >= 4 is 0 Å². The van der Waals surface area contributed by atoms with Gasteiger partial charge in [-0.3, -0.25) is 0 Å². The minimum Gasteiger partial charge on any atom is -0.396 e. The highest BCUT2D eigenvalue weighted by Gasteiger charge is 2.64. The number of rotatable bonds is 16. The number of hydrogen-bond acceptors (Lipinski definition) is 23. The van der Waals surface area contributed by atoms with Gasteiger partial charge in [0.1, 0.15) is 97.7 Å². The Labute approximate surface area is 424 Å². The maximum absolute atomic E-state index is 12.3. The third-order valence-electron chi connectivity index (χ3n) is 18.4. The molecule has 4 aliphatic carbocycles. The second-order valence-corrected chi connectivity index (χ2v) is 22.5. The highest BCUT2D eigenvalue weighted by atomic mass is 16.8. The number of aliphatic hydroxyl groups is 15. The Morgan fingerprint density at radius 2 is 1.19 bits per heavy atom. The topological polar surface area (TPSA) is 377 Å². The van der Waals surface area contributed by atoms with Gasteiger partial charge in [-0.25, -0.2) is 0 Å². The predicted molar refractivity (Wildman–Crippen MR) is 248 cm³/mol. The van der Waals surface area contributed by atoms with Crippen molar-refractivity contribution in [3.8, 4) is 0 Å². The van der Waals surface area contributed by atoms with Gasteiger partial charge in [0, 0.05) is 12.5 Å². The lowest BCUT2D eigenvalue weighted by Crippen LogP contribution is -2.67. The molecule has 4 heterocycles. The number of hydrogen-bond donors (Lipinski definition) is 15. The molecule has 0 aromatic heterocycles. The molecule has 8 rings (SSSR count). The minimum atomic E-state index is -2.00. The van der Waals surface area contributed by atoms with Gasteiger partial charge in [-0.1, -0.05) is 52.3 Å². The van der Waals surface area contributed by atoms with Crippen LogP contribution in [0.2, 0.25) is 0 Å². The van der Waals surface area contributed by atoms with Gasteiger partial charge in [0.25, 0.3) is 0 Å². The van der Waals surface area contributed by atoms with Crippen molar-refractivity contribution in [1.82, 2.24) is 0 Å². The van der Waals surface area contributed by atoms with Crippen molar-refractivity contribution in [1.29, 1.82) is 0 Å². The lowest BCUT2D eigenvalue weighted by molar-refractivity contribution is -0.392. The number of ether oxygens (including phenoxy) is 8. The molecule has 8 aliphatic rings. The summed E-state index contributed by atoms with van der Waals surface area (Å²) in [5.41, 5.74) is 0.0499. The maximum atomic E-state index is 12.3. The number of fused-ring (bicyclic) bond motifs is 5. The molecule has 0 spiro atoms. The van der Waals surface area contributed by atoms with Gasteiger partial charge in [-0.2, -0.15) is 0 Å². The lowest BCUT2D eigenvalue weighted by Gasteiger charge is -2.59. The fourth-order valence-electron chi connectivity index (χ4n) is 13.9. The summed E-state index contributed by atoms with van der Waals surface area (Å²) in [6.45, 7) is 5.58. The predicted octanol–water partition coefficient (Wildman–Crippen LogP) is -3.99. The van der Waals surface area contributed by atoms with Crippen molar-refractivity contribution in [3.63, 3.8) is 0 Å². The standard InChI is InChI=1S/C50H82O23/c1-5-20(2)6-7-21(15-51)25-14-26(55)32-22-8-9-24-33(57)28(11-13-49(24,3)23(22)10-12-50(25,32)4)67-48-41(65)44(43(31(18-54)70-48)72-47-39(63)37(61)35(59)30(17-53)69-47)73-45-40(64)42(27(56)19-66-45)71-46-38(62)36(60)34(58)29(16-52)68-46/h6-7,9,20-23,25-48,51-65H,5,8,10-19H2,1-4H3. The van der Waals surface area contributed by atoms with Crippen LogP contribution in [-0.2, 0) is 37.9 Å². The smallest absolute Gasteiger partial charge is 0.187 e. The summed E-state index contributed by atoms with van der Waals surface area (Å²) in [5, 5.41) is 163. The first-order valence-corrected chi connectivity index (χ1v) is 26.2. The largest absolute Gasteiger partial charge is 0.396 e. The van der Waals surface area contributed by atoms with Crippen LogP contribution in [0, 0.1) is 46.3 Å². The zero-order valence-electron chi connectivity index (χ0n) is 41.9. The van der Waals surface area contributed by atoms with E-state index in [4.69, 9.17) is 37.9 Å². The minimum absolute atomic E-state index is 0.00225. The maximum Gasteiger partial charge on any atom is 0.187 e. The van der Waals surface area contributed by atoms with Crippen molar-refractivity contribution in [2.45, 2.75) is 208 Å². The van der Waals surface area contributed by atoms with E-state index in [0.29, 0.717) is 25.2 Å². The molecule has 0 aromatic carbocycles. The fourth-order valence-corrected chi connectivity index (χ4v) is 13.9. The van der Waals surface area contributed by atoms with Gasteiger partial charge in [0.2, 0.25) is 0 Å². The molecule has 23 nitrogen and oxygen atoms in total. The first kappa shape index (κ1) is 57.7. The molecule has 73 heavy (non-hydrogen) atoms. The normalized spacial score (nSPS) is 52.2. The lowest BCUT2D eigenvalue weighted by atomic mass is 9.46. The van der Waals surface area contributed by atoms with E-state index in [1.165, 1.54) is 0 Å². The Morgan fingerprint density at radius 3 is 1.78 bits per heavy atom. The molecule has 0 radical (unpaired) electrons. The molecule has 3 saturated carbocycles. The van der Waals surface area contributed by atoms with Crippen LogP contribution in [0.1, 0.15) is 72.6 Å². The van der Waals surface area contributed by atoms with E-state index in [2.05, 4.69) is 39.8 Å². The molecule has 4 aliphatic heterocycles. The molecule has 30 atom stereocenters. The highest BCUT2D eigenvalue weighted by molar-refractivity contribution is 5.30. The zero-order chi connectivity index (χ0) is 53.0. The van der Waals surface area contributed by atoms with Crippen molar-refractivity contribution in [2.75, 3.05) is 33.0 Å². The van der Waals surface area contributed by atoms with Crippen LogP contribution >= 0.6 is 0 Å². The summed E-state index contributed by atoms with van der Waals surface area (Å²) in [4.78, 5) is 0. The Morgan fingerprint density at radius 1 is 0.630 bits per heavy atom. The van der Waals surface area contributed by atoms with Gasteiger partial charge in [0.05, 0.1) is 38.6 Å². The van der Waals surface area contributed by atoms with E-state index in [-0.39, 0.29) is 48.0 Å². The molecule has 420 valence electrons. The average Bonchev–Trinajstić information content (AvgIpc) is 3.65. The van der Waals surface area contributed by atoms with Crippen LogP contribution in [-0.4, -0.2) is 245 Å². The first-order valence-electron chi connectivity index (χ1n) is 26.2. The Bertz CT molecular complexity index is 1860. The van der Waals surface area contributed by atoms with Crippen molar-refractivity contribution in [3.05, 3.63) is 23.8 Å².